The normalized spacial score (nSPS) is 10.5. The minimum Gasteiger partial charge on any atom is -0.469 e. The van der Waals surface area contributed by atoms with Crippen LogP contribution in [0.15, 0.2) is 48.5 Å². The van der Waals surface area contributed by atoms with Crippen LogP contribution >= 0.6 is 0 Å². The summed E-state index contributed by atoms with van der Waals surface area (Å²) in [4.78, 5) is 47.8. The zero-order chi connectivity index (χ0) is 25.5. The number of methoxy groups -OCH3 is 1. The van der Waals surface area contributed by atoms with Crippen molar-refractivity contribution >= 4 is 29.3 Å². The van der Waals surface area contributed by atoms with Gasteiger partial charge in [-0.3, -0.25) is 14.4 Å². The van der Waals surface area contributed by atoms with Gasteiger partial charge < -0.3 is 14.8 Å². The van der Waals surface area contributed by atoms with E-state index in [1.54, 1.807) is 53.2 Å². The molecule has 0 spiro atoms. The highest BCUT2D eigenvalue weighted by molar-refractivity contribution is 6.04. The Morgan fingerprint density at radius 3 is 2.34 bits per heavy atom. The van der Waals surface area contributed by atoms with Crippen molar-refractivity contribution in [1.29, 1.82) is 0 Å². The highest BCUT2D eigenvalue weighted by Gasteiger charge is 2.16. The monoisotopic (exact) mass is 477 g/mol. The highest BCUT2D eigenvalue weighted by atomic mass is 16.5. The number of aromatic nitrogens is 2. The van der Waals surface area contributed by atoms with Gasteiger partial charge in [-0.2, -0.15) is 5.10 Å². The SMILES string of the molecule is COC(=O)CCc1c(C)nn(-c2ccc(C(=O)OCC(=O)Nc3ccccc3C(C)=O)cc2)c1C. The van der Waals surface area contributed by atoms with Gasteiger partial charge >= 0.3 is 11.9 Å². The third-order valence-corrected chi connectivity index (χ3v) is 5.51. The van der Waals surface area contributed by atoms with Gasteiger partial charge in [-0.25, -0.2) is 9.48 Å². The molecule has 0 fully saturated rings. The summed E-state index contributed by atoms with van der Waals surface area (Å²) in [5.74, 6) is -1.67. The van der Waals surface area contributed by atoms with E-state index in [0.717, 1.165) is 22.6 Å². The van der Waals surface area contributed by atoms with E-state index in [-0.39, 0.29) is 23.7 Å². The van der Waals surface area contributed by atoms with Gasteiger partial charge in [0.1, 0.15) is 0 Å². The zero-order valence-electron chi connectivity index (χ0n) is 20.1. The van der Waals surface area contributed by atoms with Crippen LogP contribution in [0.2, 0.25) is 0 Å². The number of benzene rings is 2. The van der Waals surface area contributed by atoms with Crippen LogP contribution < -0.4 is 5.32 Å². The number of carbonyl (C=O) groups is 4. The van der Waals surface area contributed by atoms with Crippen LogP contribution in [0, 0.1) is 13.8 Å². The van der Waals surface area contributed by atoms with Crippen molar-refractivity contribution in [2.45, 2.75) is 33.6 Å². The smallest absolute Gasteiger partial charge is 0.338 e. The van der Waals surface area contributed by atoms with Gasteiger partial charge in [-0.05, 0) is 69.2 Å². The molecule has 0 saturated heterocycles. The topological polar surface area (TPSA) is 117 Å². The average molecular weight is 478 g/mol. The predicted octanol–water partition coefficient (Wildman–Crippen LogP) is 3.59. The molecule has 3 aromatic rings. The maximum absolute atomic E-state index is 12.4. The molecule has 35 heavy (non-hydrogen) atoms. The molecule has 0 aliphatic heterocycles. The second-order valence-corrected chi connectivity index (χ2v) is 7.91. The van der Waals surface area contributed by atoms with E-state index in [1.807, 2.05) is 13.8 Å². The Bertz CT molecular complexity index is 1260. The van der Waals surface area contributed by atoms with E-state index in [0.29, 0.717) is 17.7 Å². The van der Waals surface area contributed by atoms with Crippen molar-refractivity contribution in [2.24, 2.45) is 0 Å². The number of ether oxygens (including phenoxy) is 2. The summed E-state index contributed by atoms with van der Waals surface area (Å²) in [6, 6.07) is 13.2. The zero-order valence-corrected chi connectivity index (χ0v) is 20.1. The van der Waals surface area contributed by atoms with Gasteiger partial charge in [-0.1, -0.05) is 12.1 Å². The van der Waals surface area contributed by atoms with Gasteiger partial charge in [0.25, 0.3) is 5.91 Å². The van der Waals surface area contributed by atoms with E-state index in [4.69, 9.17) is 9.47 Å². The Balaban J connectivity index is 1.62. The number of rotatable bonds is 9. The third-order valence-electron chi connectivity index (χ3n) is 5.51. The Kier molecular flexibility index (Phi) is 8.14. The minimum atomic E-state index is -0.654. The van der Waals surface area contributed by atoms with E-state index in [9.17, 15) is 19.2 Å². The van der Waals surface area contributed by atoms with E-state index < -0.39 is 18.5 Å². The molecule has 182 valence electrons. The molecule has 0 saturated carbocycles. The molecule has 2 aromatic carbocycles. The lowest BCUT2D eigenvalue weighted by Crippen LogP contribution is -2.22. The molecular weight excluding hydrogens is 450 g/mol. The first-order valence-electron chi connectivity index (χ1n) is 11.0. The summed E-state index contributed by atoms with van der Waals surface area (Å²) >= 11 is 0. The van der Waals surface area contributed by atoms with E-state index >= 15 is 0 Å². The first-order valence-corrected chi connectivity index (χ1v) is 11.0. The first kappa shape index (κ1) is 25.4. The van der Waals surface area contributed by atoms with E-state index in [1.165, 1.54) is 14.0 Å². The predicted molar refractivity (Wildman–Crippen MR) is 129 cm³/mol. The maximum atomic E-state index is 12.4. The number of nitrogens with one attached hydrogen (secondary N) is 1. The van der Waals surface area contributed by atoms with Crippen molar-refractivity contribution in [1.82, 2.24) is 9.78 Å². The first-order chi connectivity index (χ1) is 16.7. The fourth-order valence-corrected chi connectivity index (χ4v) is 3.66. The number of hydrogen-bond donors (Lipinski definition) is 1. The molecule has 9 nitrogen and oxygen atoms in total. The van der Waals surface area contributed by atoms with Crippen LogP contribution in [-0.4, -0.2) is 47.1 Å². The number of ketones is 1. The number of esters is 2. The molecule has 1 amide bonds. The summed E-state index contributed by atoms with van der Waals surface area (Å²) in [5.41, 5.74) is 4.43. The lowest BCUT2D eigenvalue weighted by Gasteiger charge is -2.10. The molecule has 0 aliphatic carbocycles. The molecule has 0 aliphatic rings. The number of anilines is 1. The fourth-order valence-electron chi connectivity index (χ4n) is 3.66. The molecule has 3 rings (SSSR count). The number of carbonyl (C=O) groups excluding carboxylic acids is 4. The third kappa shape index (κ3) is 6.20. The molecule has 9 heteroatoms. The molecule has 1 N–H and O–H groups in total. The summed E-state index contributed by atoms with van der Waals surface area (Å²) in [6.45, 7) is 4.71. The Hall–Kier alpha value is -4.27. The van der Waals surface area contributed by atoms with Crippen molar-refractivity contribution < 1.29 is 28.7 Å². The standard InChI is InChI=1S/C26H27N3O6/c1-16-21(13-14-25(32)34-4)17(2)29(28-16)20-11-9-19(10-12-20)26(33)35-15-24(31)27-23-8-6-5-7-22(23)18(3)30/h5-12H,13-15H2,1-4H3,(H,27,31). The fraction of sp³-hybridized carbons (Fsp3) is 0.269. The van der Waals surface area contributed by atoms with Crippen LogP contribution in [0.25, 0.3) is 5.69 Å². The van der Waals surface area contributed by atoms with Crippen molar-refractivity contribution in [2.75, 3.05) is 19.0 Å². The van der Waals surface area contributed by atoms with Crippen LogP contribution in [0.4, 0.5) is 5.69 Å². The van der Waals surface area contributed by atoms with Gasteiger partial charge in [-0.15, -0.1) is 0 Å². The number of nitrogens with zero attached hydrogens (tertiary/aromatic N) is 2. The van der Waals surface area contributed by atoms with Crippen LogP contribution in [-0.2, 0) is 25.5 Å². The van der Waals surface area contributed by atoms with Gasteiger partial charge in [0.2, 0.25) is 0 Å². The lowest BCUT2D eigenvalue weighted by atomic mass is 10.1. The summed E-state index contributed by atoms with van der Waals surface area (Å²) in [7, 11) is 1.36. The van der Waals surface area contributed by atoms with Gasteiger partial charge in [0, 0.05) is 17.7 Å². The maximum Gasteiger partial charge on any atom is 0.338 e. The second kappa shape index (κ2) is 11.2. The van der Waals surface area contributed by atoms with Crippen LogP contribution in [0.5, 0.6) is 0 Å². The van der Waals surface area contributed by atoms with Crippen molar-refractivity contribution in [3.05, 3.63) is 76.6 Å². The summed E-state index contributed by atoms with van der Waals surface area (Å²) < 4.78 is 11.6. The summed E-state index contributed by atoms with van der Waals surface area (Å²) in [5, 5.41) is 7.14. The number of Topliss-reactive ketones (excluding diaryl/α,β-unsaturated/α-hetero) is 1. The number of hydrogen-bond acceptors (Lipinski definition) is 7. The average Bonchev–Trinajstić information content (AvgIpc) is 3.14. The largest absolute Gasteiger partial charge is 0.469 e. The quantitative estimate of drug-likeness (QED) is 0.370. The lowest BCUT2D eigenvalue weighted by molar-refractivity contribution is -0.140. The second-order valence-electron chi connectivity index (χ2n) is 7.91. The number of para-hydroxylation sites is 1. The highest BCUT2D eigenvalue weighted by Crippen LogP contribution is 2.20. The molecule has 0 radical (unpaired) electrons. The number of aryl methyl sites for hydroxylation is 1. The Labute approximate surface area is 203 Å². The molecule has 1 aromatic heterocycles. The molecular formula is C26H27N3O6. The van der Waals surface area contributed by atoms with Gasteiger partial charge in [0.05, 0.1) is 29.7 Å². The Morgan fingerprint density at radius 1 is 1.00 bits per heavy atom. The molecule has 1 heterocycles. The van der Waals surface area contributed by atoms with Crippen LogP contribution in [0.3, 0.4) is 0 Å². The van der Waals surface area contributed by atoms with Crippen molar-refractivity contribution in [3.63, 3.8) is 0 Å². The van der Waals surface area contributed by atoms with Gasteiger partial charge in [0.15, 0.2) is 12.4 Å². The molecule has 0 unspecified atom stereocenters. The Morgan fingerprint density at radius 2 is 1.69 bits per heavy atom. The summed E-state index contributed by atoms with van der Waals surface area (Å²) in [6.07, 6.45) is 0.788. The van der Waals surface area contributed by atoms with Crippen molar-refractivity contribution in [3.8, 4) is 5.69 Å². The van der Waals surface area contributed by atoms with E-state index in [2.05, 4.69) is 10.4 Å². The van der Waals surface area contributed by atoms with Crippen LogP contribution in [0.1, 0.15) is 51.0 Å². The minimum absolute atomic E-state index is 0.184. The molecule has 0 bridgehead atoms. The molecule has 0 atom stereocenters. The number of amides is 1.